The van der Waals surface area contributed by atoms with Crippen LogP contribution >= 0.6 is 0 Å². The Hall–Kier alpha value is -1.71. The molecule has 0 saturated heterocycles. The zero-order valence-corrected chi connectivity index (χ0v) is 15.3. The van der Waals surface area contributed by atoms with E-state index in [0.29, 0.717) is 18.2 Å². The highest BCUT2D eigenvalue weighted by Gasteiger charge is 2.29. The highest BCUT2D eigenvalue weighted by Crippen LogP contribution is 2.38. The van der Waals surface area contributed by atoms with E-state index in [0.717, 1.165) is 30.2 Å². The Labute approximate surface area is 151 Å². The minimum Gasteiger partial charge on any atom is -0.504 e. The zero-order chi connectivity index (χ0) is 17.6. The molecule has 2 fully saturated rings. The average Bonchev–Trinajstić information content (AvgIpc) is 2.64. The van der Waals surface area contributed by atoms with Crippen molar-refractivity contribution in [3.63, 3.8) is 0 Å². The van der Waals surface area contributed by atoms with Crippen molar-refractivity contribution in [2.75, 3.05) is 7.11 Å². The van der Waals surface area contributed by atoms with Gasteiger partial charge in [0.2, 0.25) is 5.91 Å². The highest BCUT2D eigenvalue weighted by molar-refractivity contribution is 5.79. The molecule has 0 bridgehead atoms. The summed E-state index contributed by atoms with van der Waals surface area (Å²) in [6, 6.07) is 5.41. The molecule has 0 radical (unpaired) electrons. The van der Waals surface area contributed by atoms with Crippen molar-refractivity contribution in [1.29, 1.82) is 0 Å². The van der Waals surface area contributed by atoms with E-state index in [1.807, 2.05) is 0 Å². The summed E-state index contributed by atoms with van der Waals surface area (Å²) in [6.45, 7) is 0. The standard InChI is InChI=1S/C21H31NO3/c1-25-20-13-15(7-12-19(20)23)14-21(24)22-18-10-8-17(9-11-18)16-5-3-2-4-6-16/h7,12-13,16-18,23H,2-6,8-11,14H2,1H3,(H,22,24)/t17-,18-. The zero-order valence-electron chi connectivity index (χ0n) is 15.3. The topological polar surface area (TPSA) is 58.6 Å². The molecular formula is C21H31NO3. The fourth-order valence-electron chi connectivity index (χ4n) is 4.64. The Morgan fingerprint density at radius 2 is 1.76 bits per heavy atom. The van der Waals surface area contributed by atoms with Crippen molar-refractivity contribution in [1.82, 2.24) is 5.32 Å². The Balaban J connectivity index is 1.44. The van der Waals surface area contributed by atoms with Crippen LogP contribution in [0.25, 0.3) is 0 Å². The minimum atomic E-state index is 0.0638. The van der Waals surface area contributed by atoms with E-state index in [1.165, 1.54) is 52.1 Å². The van der Waals surface area contributed by atoms with Gasteiger partial charge >= 0.3 is 0 Å². The largest absolute Gasteiger partial charge is 0.504 e. The first-order valence-corrected chi connectivity index (χ1v) is 9.81. The Kier molecular flexibility index (Phi) is 6.22. The van der Waals surface area contributed by atoms with E-state index in [9.17, 15) is 9.90 Å². The second-order valence-electron chi connectivity index (χ2n) is 7.76. The number of nitrogens with one attached hydrogen (secondary N) is 1. The number of benzene rings is 1. The first-order chi connectivity index (χ1) is 12.2. The first kappa shape index (κ1) is 18.1. The number of methoxy groups -OCH3 is 1. The molecule has 0 spiro atoms. The van der Waals surface area contributed by atoms with Gasteiger partial charge in [-0.25, -0.2) is 0 Å². The third-order valence-electron chi connectivity index (χ3n) is 6.06. The normalized spacial score (nSPS) is 24.7. The molecule has 0 heterocycles. The molecule has 25 heavy (non-hydrogen) atoms. The second-order valence-corrected chi connectivity index (χ2v) is 7.76. The second kappa shape index (κ2) is 8.59. The number of rotatable bonds is 5. The van der Waals surface area contributed by atoms with E-state index in [2.05, 4.69) is 5.32 Å². The molecule has 138 valence electrons. The number of hydrogen-bond donors (Lipinski definition) is 2. The van der Waals surface area contributed by atoms with Gasteiger partial charge in [-0.2, -0.15) is 0 Å². The number of carbonyl (C=O) groups excluding carboxylic acids is 1. The van der Waals surface area contributed by atoms with Gasteiger partial charge in [0.25, 0.3) is 0 Å². The molecule has 1 amide bonds. The maximum atomic E-state index is 12.3. The van der Waals surface area contributed by atoms with Crippen LogP contribution in [0.4, 0.5) is 0 Å². The lowest BCUT2D eigenvalue weighted by Crippen LogP contribution is -2.39. The van der Waals surface area contributed by atoms with Crippen LogP contribution in [0.3, 0.4) is 0 Å². The van der Waals surface area contributed by atoms with Gasteiger partial charge in [-0.05, 0) is 55.2 Å². The summed E-state index contributed by atoms with van der Waals surface area (Å²) in [5, 5.41) is 12.8. The predicted octanol–water partition coefficient (Wildman–Crippen LogP) is 4.20. The van der Waals surface area contributed by atoms with Crippen molar-refractivity contribution in [3.05, 3.63) is 23.8 Å². The molecule has 4 heteroatoms. The van der Waals surface area contributed by atoms with Gasteiger partial charge < -0.3 is 15.2 Å². The Morgan fingerprint density at radius 1 is 1.08 bits per heavy atom. The molecule has 2 saturated carbocycles. The smallest absolute Gasteiger partial charge is 0.224 e. The van der Waals surface area contributed by atoms with Crippen LogP contribution in [0.15, 0.2) is 18.2 Å². The Bertz CT molecular complexity index is 573. The molecule has 3 rings (SSSR count). The number of carbonyl (C=O) groups is 1. The maximum absolute atomic E-state index is 12.3. The number of amides is 1. The SMILES string of the molecule is COc1cc(CC(=O)N[C@H]2CC[C@H](C3CCCCC3)CC2)ccc1O. The first-order valence-electron chi connectivity index (χ1n) is 9.81. The summed E-state index contributed by atoms with van der Waals surface area (Å²) in [6.07, 6.45) is 12.2. The van der Waals surface area contributed by atoms with Crippen LogP contribution < -0.4 is 10.1 Å². The third kappa shape index (κ3) is 4.90. The number of phenolic OH excluding ortho intramolecular Hbond substituents is 1. The molecular weight excluding hydrogens is 314 g/mol. The molecule has 0 aromatic heterocycles. The van der Waals surface area contributed by atoms with Crippen LogP contribution in [0.5, 0.6) is 11.5 Å². The Morgan fingerprint density at radius 3 is 2.44 bits per heavy atom. The summed E-state index contributed by atoms with van der Waals surface area (Å²) in [4.78, 5) is 12.3. The monoisotopic (exact) mass is 345 g/mol. The number of ether oxygens (including phenoxy) is 1. The number of phenols is 1. The van der Waals surface area contributed by atoms with E-state index in [1.54, 1.807) is 18.2 Å². The van der Waals surface area contributed by atoms with Crippen LogP contribution in [-0.4, -0.2) is 24.2 Å². The van der Waals surface area contributed by atoms with Gasteiger partial charge in [0.15, 0.2) is 11.5 Å². The van der Waals surface area contributed by atoms with E-state index in [-0.39, 0.29) is 11.7 Å². The molecule has 2 aliphatic carbocycles. The molecule has 0 unspecified atom stereocenters. The van der Waals surface area contributed by atoms with Gasteiger partial charge in [0.05, 0.1) is 13.5 Å². The van der Waals surface area contributed by atoms with Crippen molar-refractivity contribution >= 4 is 5.91 Å². The lowest BCUT2D eigenvalue weighted by molar-refractivity contribution is -0.121. The molecule has 0 atom stereocenters. The fraction of sp³-hybridized carbons (Fsp3) is 0.667. The highest BCUT2D eigenvalue weighted by atomic mass is 16.5. The molecule has 1 aromatic carbocycles. The lowest BCUT2D eigenvalue weighted by atomic mass is 9.72. The summed E-state index contributed by atoms with van der Waals surface area (Å²) in [5.41, 5.74) is 0.864. The van der Waals surface area contributed by atoms with Gasteiger partial charge in [-0.3, -0.25) is 4.79 Å². The third-order valence-corrected chi connectivity index (χ3v) is 6.06. The van der Waals surface area contributed by atoms with E-state index >= 15 is 0 Å². The molecule has 0 aliphatic heterocycles. The molecule has 2 aliphatic rings. The van der Waals surface area contributed by atoms with Crippen LogP contribution in [0, 0.1) is 11.8 Å². The summed E-state index contributed by atoms with van der Waals surface area (Å²) >= 11 is 0. The van der Waals surface area contributed by atoms with Gasteiger partial charge in [0.1, 0.15) is 0 Å². The van der Waals surface area contributed by atoms with Crippen LogP contribution in [0.1, 0.15) is 63.4 Å². The van der Waals surface area contributed by atoms with Crippen molar-refractivity contribution < 1.29 is 14.6 Å². The van der Waals surface area contributed by atoms with Gasteiger partial charge in [-0.15, -0.1) is 0 Å². The van der Waals surface area contributed by atoms with E-state index < -0.39 is 0 Å². The van der Waals surface area contributed by atoms with Crippen molar-refractivity contribution in [2.45, 2.75) is 70.3 Å². The van der Waals surface area contributed by atoms with Crippen molar-refractivity contribution in [2.24, 2.45) is 11.8 Å². The quantitative estimate of drug-likeness (QED) is 0.841. The predicted molar refractivity (Wildman–Crippen MR) is 98.8 cm³/mol. The minimum absolute atomic E-state index is 0.0638. The summed E-state index contributed by atoms with van der Waals surface area (Å²) in [7, 11) is 1.52. The molecule has 4 nitrogen and oxygen atoms in total. The molecule has 2 N–H and O–H groups in total. The van der Waals surface area contributed by atoms with Gasteiger partial charge in [-0.1, -0.05) is 38.2 Å². The average molecular weight is 345 g/mol. The number of hydrogen-bond acceptors (Lipinski definition) is 3. The van der Waals surface area contributed by atoms with E-state index in [4.69, 9.17) is 4.74 Å². The van der Waals surface area contributed by atoms with Crippen LogP contribution in [0.2, 0.25) is 0 Å². The maximum Gasteiger partial charge on any atom is 0.224 e. The van der Waals surface area contributed by atoms with Crippen molar-refractivity contribution in [3.8, 4) is 11.5 Å². The molecule has 1 aromatic rings. The summed E-state index contributed by atoms with van der Waals surface area (Å²) < 4.78 is 5.10. The lowest BCUT2D eigenvalue weighted by Gasteiger charge is -2.36. The van der Waals surface area contributed by atoms with Gasteiger partial charge in [0, 0.05) is 6.04 Å². The number of aromatic hydroxyl groups is 1. The van der Waals surface area contributed by atoms with Crippen LogP contribution in [-0.2, 0) is 11.2 Å². The summed E-state index contributed by atoms with van der Waals surface area (Å²) in [5.74, 6) is 2.41. The fourth-order valence-corrected chi connectivity index (χ4v) is 4.64.